The molecular weight excluding hydrogens is 260 g/mol. The Morgan fingerprint density at radius 1 is 1.25 bits per heavy atom. The molecule has 20 heavy (non-hydrogen) atoms. The van der Waals surface area contributed by atoms with E-state index in [1.807, 2.05) is 0 Å². The zero-order valence-corrected chi connectivity index (χ0v) is 11.6. The molecule has 1 N–H and O–H groups in total. The average Bonchev–Trinajstić information content (AvgIpc) is 2.45. The van der Waals surface area contributed by atoms with Crippen LogP contribution in [0.25, 0.3) is 5.57 Å². The molecule has 1 rings (SSSR count). The molecule has 0 atom stereocenters. The molecule has 0 aromatic carbocycles. The lowest BCUT2D eigenvalue weighted by Crippen LogP contribution is -2.22. The molecule has 0 saturated carbocycles. The van der Waals surface area contributed by atoms with E-state index >= 15 is 0 Å². The number of nitrogens with zero attached hydrogens (tertiary/aromatic N) is 1. The molecule has 108 valence electrons. The van der Waals surface area contributed by atoms with Crippen molar-refractivity contribution in [1.82, 2.24) is 10.3 Å². The Morgan fingerprint density at radius 3 is 2.60 bits per heavy atom. The first-order valence-corrected chi connectivity index (χ1v) is 6.36. The molecule has 0 radical (unpaired) electrons. The summed E-state index contributed by atoms with van der Waals surface area (Å²) >= 11 is 0. The zero-order chi connectivity index (χ0) is 14.8. The van der Waals surface area contributed by atoms with Gasteiger partial charge in [-0.2, -0.15) is 0 Å². The monoisotopic (exact) mass is 278 g/mol. The number of carbonyl (C=O) groups is 2. The Hall–Kier alpha value is -2.37. The normalized spacial score (nSPS) is 10.8. The van der Waals surface area contributed by atoms with Gasteiger partial charge in [-0.3, -0.25) is 9.78 Å². The summed E-state index contributed by atoms with van der Waals surface area (Å²) in [7, 11) is 0. The standard InChI is InChI=1S/C14H18N2O4/c1-3-19-13(17)10-15-9-11(14(18)20-4-2)12-7-5-6-8-16-12/h5-9,15H,3-4,10H2,1-2H3/b11-9+. The summed E-state index contributed by atoms with van der Waals surface area (Å²) in [6, 6.07) is 5.20. The Morgan fingerprint density at radius 2 is 2.00 bits per heavy atom. The fourth-order valence-corrected chi connectivity index (χ4v) is 1.42. The molecule has 0 saturated heterocycles. The highest BCUT2D eigenvalue weighted by molar-refractivity contribution is 6.15. The van der Waals surface area contributed by atoms with Crippen LogP contribution in [0.3, 0.4) is 0 Å². The van der Waals surface area contributed by atoms with Crippen molar-refractivity contribution in [3.63, 3.8) is 0 Å². The summed E-state index contributed by atoms with van der Waals surface area (Å²) in [5.41, 5.74) is 0.735. The van der Waals surface area contributed by atoms with Gasteiger partial charge >= 0.3 is 11.9 Å². The predicted molar refractivity (Wildman–Crippen MR) is 73.5 cm³/mol. The van der Waals surface area contributed by atoms with Gasteiger partial charge in [-0.1, -0.05) is 6.07 Å². The van der Waals surface area contributed by atoms with Gasteiger partial charge in [0, 0.05) is 12.4 Å². The molecule has 0 bridgehead atoms. The summed E-state index contributed by atoms with van der Waals surface area (Å²) in [4.78, 5) is 27.2. The van der Waals surface area contributed by atoms with Crippen molar-refractivity contribution in [3.8, 4) is 0 Å². The molecule has 0 spiro atoms. The highest BCUT2D eigenvalue weighted by Gasteiger charge is 2.14. The van der Waals surface area contributed by atoms with E-state index in [-0.39, 0.29) is 18.7 Å². The molecule has 6 heteroatoms. The highest BCUT2D eigenvalue weighted by Crippen LogP contribution is 2.12. The Labute approximate surface area is 117 Å². The first-order chi connectivity index (χ1) is 9.69. The van der Waals surface area contributed by atoms with E-state index in [4.69, 9.17) is 9.47 Å². The van der Waals surface area contributed by atoms with Gasteiger partial charge in [0.2, 0.25) is 0 Å². The first-order valence-electron chi connectivity index (χ1n) is 6.36. The second-order valence-electron chi connectivity index (χ2n) is 3.68. The van der Waals surface area contributed by atoms with Gasteiger partial charge in [0.05, 0.1) is 18.9 Å². The minimum absolute atomic E-state index is 0.0242. The van der Waals surface area contributed by atoms with Crippen LogP contribution in [0.15, 0.2) is 30.6 Å². The van der Waals surface area contributed by atoms with Crippen molar-refractivity contribution < 1.29 is 19.1 Å². The molecule has 1 aromatic heterocycles. The number of hydrogen-bond donors (Lipinski definition) is 1. The first kappa shape index (κ1) is 15.7. The summed E-state index contributed by atoms with van der Waals surface area (Å²) in [6.45, 7) is 4.01. The number of carbonyl (C=O) groups excluding carboxylic acids is 2. The second kappa shape index (κ2) is 8.68. The lowest BCUT2D eigenvalue weighted by molar-refractivity contribution is -0.142. The smallest absolute Gasteiger partial charge is 0.341 e. The zero-order valence-electron chi connectivity index (χ0n) is 11.6. The van der Waals surface area contributed by atoms with E-state index in [0.29, 0.717) is 12.3 Å². The van der Waals surface area contributed by atoms with Crippen LogP contribution in [0, 0.1) is 0 Å². The molecule has 1 aromatic rings. The minimum atomic E-state index is -0.498. The van der Waals surface area contributed by atoms with Gasteiger partial charge < -0.3 is 14.8 Å². The van der Waals surface area contributed by atoms with Crippen molar-refractivity contribution in [2.24, 2.45) is 0 Å². The van der Waals surface area contributed by atoms with Crippen LogP contribution in [0.2, 0.25) is 0 Å². The lowest BCUT2D eigenvalue weighted by atomic mass is 10.2. The van der Waals surface area contributed by atoms with Gasteiger partial charge in [0.15, 0.2) is 0 Å². The van der Waals surface area contributed by atoms with Crippen LogP contribution in [0.4, 0.5) is 0 Å². The van der Waals surface area contributed by atoms with Crippen LogP contribution < -0.4 is 5.32 Å². The topological polar surface area (TPSA) is 77.5 Å². The number of aromatic nitrogens is 1. The van der Waals surface area contributed by atoms with Gasteiger partial charge in [0.1, 0.15) is 12.1 Å². The quantitative estimate of drug-likeness (QED) is 0.595. The maximum Gasteiger partial charge on any atom is 0.341 e. The largest absolute Gasteiger partial charge is 0.465 e. The minimum Gasteiger partial charge on any atom is -0.465 e. The summed E-state index contributed by atoms with van der Waals surface area (Å²) < 4.78 is 9.73. The van der Waals surface area contributed by atoms with Gasteiger partial charge in [-0.05, 0) is 26.0 Å². The fraction of sp³-hybridized carbons (Fsp3) is 0.357. The third-order valence-corrected chi connectivity index (χ3v) is 2.23. The Bertz CT molecular complexity index is 471. The maximum atomic E-state index is 11.9. The van der Waals surface area contributed by atoms with Crippen LogP contribution in [0.1, 0.15) is 19.5 Å². The Kier molecular flexibility index (Phi) is 6.81. The third-order valence-electron chi connectivity index (χ3n) is 2.23. The van der Waals surface area contributed by atoms with Gasteiger partial charge in [-0.15, -0.1) is 0 Å². The van der Waals surface area contributed by atoms with E-state index in [2.05, 4.69) is 10.3 Å². The molecule has 0 aliphatic carbocycles. The number of rotatable bonds is 7. The van der Waals surface area contributed by atoms with Gasteiger partial charge in [0.25, 0.3) is 0 Å². The van der Waals surface area contributed by atoms with Crippen molar-refractivity contribution >= 4 is 17.5 Å². The average molecular weight is 278 g/mol. The SMILES string of the molecule is CCOC(=O)CN/C=C(/C(=O)OCC)c1ccccn1. The molecule has 6 nitrogen and oxygen atoms in total. The van der Waals surface area contributed by atoms with E-state index in [1.165, 1.54) is 6.20 Å². The summed E-state index contributed by atoms with van der Waals surface area (Å²) in [6.07, 6.45) is 2.99. The van der Waals surface area contributed by atoms with Crippen molar-refractivity contribution in [2.75, 3.05) is 19.8 Å². The van der Waals surface area contributed by atoms with Gasteiger partial charge in [-0.25, -0.2) is 4.79 Å². The molecule has 0 unspecified atom stereocenters. The number of hydrogen-bond acceptors (Lipinski definition) is 6. The highest BCUT2D eigenvalue weighted by atomic mass is 16.5. The number of esters is 2. The van der Waals surface area contributed by atoms with Crippen LogP contribution in [-0.4, -0.2) is 36.7 Å². The van der Waals surface area contributed by atoms with Crippen molar-refractivity contribution in [2.45, 2.75) is 13.8 Å². The molecule has 0 aliphatic heterocycles. The lowest BCUT2D eigenvalue weighted by Gasteiger charge is -2.07. The molecule has 0 fully saturated rings. The number of ether oxygens (including phenoxy) is 2. The van der Waals surface area contributed by atoms with Crippen LogP contribution in [-0.2, 0) is 19.1 Å². The summed E-state index contributed by atoms with van der Waals surface area (Å²) in [5, 5.41) is 2.73. The molecule has 0 aliphatic rings. The van der Waals surface area contributed by atoms with Crippen molar-refractivity contribution in [3.05, 3.63) is 36.3 Å². The van der Waals surface area contributed by atoms with E-state index in [1.54, 1.807) is 38.2 Å². The van der Waals surface area contributed by atoms with E-state index < -0.39 is 11.9 Å². The Balaban J connectivity index is 2.78. The second-order valence-corrected chi connectivity index (χ2v) is 3.68. The molecule has 1 heterocycles. The van der Waals surface area contributed by atoms with E-state index in [9.17, 15) is 9.59 Å². The summed E-state index contributed by atoms with van der Waals surface area (Å²) in [5.74, 6) is -0.893. The maximum absolute atomic E-state index is 11.9. The van der Waals surface area contributed by atoms with E-state index in [0.717, 1.165) is 0 Å². The number of nitrogens with one attached hydrogen (secondary N) is 1. The van der Waals surface area contributed by atoms with Crippen LogP contribution >= 0.6 is 0 Å². The van der Waals surface area contributed by atoms with Crippen LogP contribution in [0.5, 0.6) is 0 Å². The third kappa shape index (κ3) is 5.09. The van der Waals surface area contributed by atoms with Crippen molar-refractivity contribution in [1.29, 1.82) is 0 Å². The molecule has 0 amide bonds. The molecular formula is C14H18N2O4. The number of pyridine rings is 1. The predicted octanol–water partition coefficient (Wildman–Crippen LogP) is 1.14. The fourth-order valence-electron chi connectivity index (χ4n) is 1.42.